The van der Waals surface area contributed by atoms with E-state index < -0.39 is 18.6 Å². The van der Waals surface area contributed by atoms with Gasteiger partial charge in [0.05, 0.1) is 0 Å². The monoisotopic (exact) mass is 350 g/mol. The predicted molar refractivity (Wildman–Crippen MR) is 53.4 cm³/mol. The summed E-state index contributed by atoms with van der Waals surface area (Å²) in [7, 11) is 0. The molecule has 1 nitrogen and oxygen atoms in total. The number of rotatable bonds is 3. The third-order valence-electron chi connectivity index (χ3n) is 1.49. The van der Waals surface area contributed by atoms with Gasteiger partial charge >= 0.3 is 6.61 Å². The van der Waals surface area contributed by atoms with Crippen LogP contribution in [0.3, 0.4) is 0 Å². The molecule has 15 heavy (non-hydrogen) atoms. The molecular formula is C8H4Br2F4O. The summed E-state index contributed by atoms with van der Waals surface area (Å²) >= 11 is 5.86. The van der Waals surface area contributed by atoms with Gasteiger partial charge in [-0.05, 0) is 44.0 Å². The van der Waals surface area contributed by atoms with Gasteiger partial charge in [0, 0.05) is 14.5 Å². The molecule has 0 N–H and O–H groups in total. The lowest BCUT2D eigenvalue weighted by Gasteiger charge is -2.10. The average molecular weight is 352 g/mol. The highest BCUT2D eigenvalue weighted by Gasteiger charge is 2.17. The second-order valence-electron chi connectivity index (χ2n) is 2.49. The molecule has 7 heteroatoms. The van der Waals surface area contributed by atoms with Crippen LogP contribution in [0.1, 0.15) is 12.0 Å². The molecule has 0 saturated carbocycles. The SMILES string of the molecule is FC(F)Oc1cc(Br)c(Br)c(C(F)F)c1. The quantitative estimate of drug-likeness (QED) is 0.714. The number of alkyl halides is 4. The molecule has 0 fully saturated rings. The molecule has 84 valence electrons. The molecule has 0 aliphatic carbocycles. The van der Waals surface area contributed by atoms with Gasteiger partial charge in [0.15, 0.2) is 0 Å². The smallest absolute Gasteiger partial charge is 0.387 e. The summed E-state index contributed by atoms with van der Waals surface area (Å²) in [6.07, 6.45) is -2.77. The van der Waals surface area contributed by atoms with E-state index in [1.54, 1.807) is 0 Å². The Bertz CT molecular complexity index is 357. The van der Waals surface area contributed by atoms with Gasteiger partial charge in [-0.15, -0.1) is 0 Å². The van der Waals surface area contributed by atoms with E-state index in [-0.39, 0.29) is 14.7 Å². The van der Waals surface area contributed by atoms with E-state index in [9.17, 15) is 17.6 Å². The van der Waals surface area contributed by atoms with Crippen molar-refractivity contribution in [3.8, 4) is 5.75 Å². The maximum absolute atomic E-state index is 12.4. The van der Waals surface area contributed by atoms with Crippen LogP contribution in [0, 0.1) is 0 Å². The normalized spacial score (nSPS) is 11.2. The third kappa shape index (κ3) is 3.34. The lowest BCUT2D eigenvalue weighted by Crippen LogP contribution is -2.02. The van der Waals surface area contributed by atoms with Crippen molar-refractivity contribution in [3.63, 3.8) is 0 Å². The summed E-state index contributed by atoms with van der Waals surface area (Å²) in [4.78, 5) is 0. The summed E-state index contributed by atoms with van der Waals surface area (Å²) in [5.41, 5.74) is -0.403. The minimum Gasteiger partial charge on any atom is -0.435 e. The first-order valence-corrected chi connectivity index (χ1v) is 5.22. The maximum atomic E-state index is 12.4. The fourth-order valence-corrected chi connectivity index (χ4v) is 1.77. The zero-order chi connectivity index (χ0) is 11.6. The van der Waals surface area contributed by atoms with Gasteiger partial charge in [-0.25, -0.2) is 8.78 Å². The van der Waals surface area contributed by atoms with Crippen molar-refractivity contribution in [1.29, 1.82) is 0 Å². The molecule has 0 atom stereocenters. The second kappa shape index (κ2) is 5.16. The fourth-order valence-electron chi connectivity index (χ4n) is 0.914. The Balaban J connectivity index is 3.11. The summed E-state index contributed by atoms with van der Waals surface area (Å²) in [5, 5.41) is 0. The highest BCUT2D eigenvalue weighted by Crippen LogP contribution is 2.37. The van der Waals surface area contributed by atoms with Crippen molar-refractivity contribution in [2.75, 3.05) is 0 Å². The average Bonchev–Trinajstić information content (AvgIpc) is 2.09. The van der Waals surface area contributed by atoms with Gasteiger partial charge < -0.3 is 4.74 Å². The largest absolute Gasteiger partial charge is 0.435 e. The summed E-state index contributed by atoms with van der Waals surface area (Å²) in [6.45, 7) is -3.04. The van der Waals surface area contributed by atoms with Crippen LogP contribution in [0.4, 0.5) is 17.6 Å². The van der Waals surface area contributed by atoms with Crippen LogP contribution in [0.25, 0.3) is 0 Å². The first-order chi connectivity index (χ1) is 6.91. The van der Waals surface area contributed by atoms with Gasteiger partial charge in [0.1, 0.15) is 5.75 Å². The number of halogens is 6. The van der Waals surface area contributed by atoms with Crippen LogP contribution in [0.15, 0.2) is 21.1 Å². The van der Waals surface area contributed by atoms with Gasteiger partial charge in [0.25, 0.3) is 6.43 Å². The highest BCUT2D eigenvalue weighted by molar-refractivity contribution is 9.13. The highest BCUT2D eigenvalue weighted by atomic mass is 79.9. The Morgan fingerprint density at radius 3 is 2.13 bits per heavy atom. The number of hydrogen-bond donors (Lipinski definition) is 0. The van der Waals surface area contributed by atoms with Crippen LogP contribution in [0.5, 0.6) is 5.75 Å². The Kier molecular flexibility index (Phi) is 4.39. The molecule has 0 heterocycles. The van der Waals surface area contributed by atoms with Crippen LogP contribution in [-0.2, 0) is 0 Å². The molecular weight excluding hydrogens is 348 g/mol. The molecule has 1 rings (SSSR count). The van der Waals surface area contributed by atoms with Crippen molar-refractivity contribution < 1.29 is 22.3 Å². The summed E-state index contributed by atoms with van der Waals surface area (Å²) in [6, 6.07) is 2.05. The van der Waals surface area contributed by atoms with Crippen LogP contribution in [-0.4, -0.2) is 6.61 Å². The Labute approximate surface area is 99.7 Å². The Morgan fingerprint density at radius 2 is 1.67 bits per heavy atom. The van der Waals surface area contributed by atoms with Crippen molar-refractivity contribution in [1.82, 2.24) is 0 Å². The molecule has 0 unspecified atom stereocenters. The van der Waals surface area contributed by atoms with Crippen molar-refractivity contribution in [3.05, 3.63) is 26.6 Å². The van der Waals surface area contributed by atoms with E-state index in [1.807, 2.05) is 0 Å². The molecule has 0 saturated heterocycles. The summed E-state index contributed by atoms with van der Waals surface area (Å²) in [5.74, 6) is -0.310. The van der Waals surface area contributed by atoms with E-state index in [0.29, 0.717) is 0 Å². The van der Waals surface area contributed by atoms with E-state index >= 15 is 0 Å². The van der Waals surface area contributed by atoms with Gasteiger partial charge in [-0.3, -0.25) is 0 Å². The van der Waals surface area contributed by atoms with E-state index in [2.05, 4.69) is 36.6 Å². The lowest BCUT2D eigenvalue weighted by atomic mass is 10.2. The summed E-state index contributed by atoms with van der Waals surface area (Å²) < 4.78 is 52.9. The van der Waals surface area contributed by atoms with Crippen molar-refractivity contribution >= 4 is 31.9 Å². The minimum atomic E-state index is -3.04. The fraction of sp³-hybridized carbons (Fsp3) is 0.250. The van der Waals surface area contributed by atoms with E-state index in [4.69, 9.17) is 0 Å². The molecule has 1 aromatic rings. The number of benzene rings is 1. The lowest BCUT2D eigenvalue weighted by molar-refractivity contribution is -0.0500. The Hall–Kier alpha value is -0.300. The molecule has 0 bridgehead atoms. The van der Waals surface area contributed by atoms with Crippen LogP contribution >= 0.6 is 31.9 Å². The van der Waals surface area contributed by atoms with E-state index in [0.717, 1.165) is 6.07 Å². The molecule has 0 spiro atoms. The first-order valence-electron chi connectivity index (χ1n) is 3.63. The van der Waals surface area contributed by atoms with Crippen LogP contribution < -0.4 is 4.74 Å². The number of ether oxygens (including phenoxy) is 1. The van der Waals surface area contributed by atoms with Gasteiger partial charge in [0.2, 0.25) is 0 Å². The van der Waals surface area contributed by atoms with Gasteiger partial charge in [-0.1, -0.05) is 0 Å². The zero-order valence-corrected chi connectivity index (χ0v) is 10.2. The van der Waals surface area contributed by atoms with E-state index in [1.165, 1.54) is 6.07 Å². The van der Waals surface area contributed by atoms with Crippen molar-refractivity contribution in [2.24, 2.45) is 0 Å². The predicted octanol–water partition coefficient (Wildman–Crippen LogP) is 4.75. The first kappa shape index (κ1) is 12.8. The molecule has 1 aromatic carbocycles. The van der Waals surface area contributed by atoms with Gasteiger partial charge in [-0.2, -0.15) is 8.78 Å². The van der Waals surface area contributed by atoms with Crippen LogP contribution in [0.2, 0.25) is 0 Å². The standard InChI is InChI=1S/C8H4Br2F4O/c9-5-2-3(15-8(13)14)1-4(6(5)10)7(11)12/h1-2,7-8H. The maximum Gasteiger partial charge on any atom is 0.387 e. The Morgan fingerprint density at radius 1 is 1.07 bits per heavy atom. The topological polar surface area (TPSA) is 9.23 Å². The minimum absolute atomic E-state index is 0.124. The molecule has 0 radical (unpaired) electrons. The second-order valence-corrected chi connectivity index (χ2v) is 4.13. The molecule has 0 amide bonds. The molecule has 0 aliphatic heterocycles. The zero-order valence-electron chi connectivity index (χ0n) is 6.99. The third-order valence-corrected chi connectivity index (χ3v) is 3.53. The molecule has 0 aromatic heterocycles. The number of hydrogen-bond acceptors (Lipinski definition) is 1. The molecule has 0 aliphatic rings. The van der Waals surface area contributed by atoms with Crippen molar-refractivity contribution in [2.45, 2.75) is 13.0 Å².